The molecule has 0 aliphatic rings. The molecule has 0 atom stereocenters. The minimum absolute atomic E-state index is 0.0330. The SMILES string of the molecule is COc1ccc(-c2ccc(C(=O)OS(C)(=O)=O)cc2C(=O)O)c(C(=O)Nc2ccc(C(=N)N)cc2)n1. The molecule has 0 spiro atoms. The number of carboxylic acids is 1. The van der Waals surface area contributed by atoms with Crippen LogP contribution < -0.4 is 15.8 Å². The van der Waals surface area contributed by atoms with Gasteiger partial charge < -0.3 is 25.1 Å². The fourth-order valence-corrected chi connectivity index (χ4v) is 3.51. The van der Waals surface area contributed by atoms with Crippen LogP contribution in [0.2, 0.25) is 0 Å². The van der Waals surface area contributed by atoms with E-state index in [2.05, 4.69) is 14.5 Å². The van der Waals surface area contributed by atoms with Gasteiger partial charge in [-0.15, -0.1) is 0 Å². The smallest absolute Gasteiger partial charge is 0.353 e. The monoisotopic (exact) mass is 512 g/mol. The Labute approximate surface area is 205 Å². The summed E-state index contributed by atoms with van der Waals surface area (Å²) in [6.07, 6.45) is 0.680. The molecule has 0 radical (unpaired) electrons. The third-order valence-electron chi connectivity index (χ3n) is 4.75. The van der Waals surface area contributed by atoms with E-state index < -0.39 is 33.5 Å². The largest absolute Gasteiger partial charge is 0.481 e. The van der Waals surface area contributed by atoms with Gasteiger partial charge in [-0.1, -0.05) is 6.07 Å². The van der Waals surface area contributed by atoms with E-state index in [0.717, 1.165) is 6.07 Å². The number of hydrogen-bond acceptors (Lipinski definition) is 9. The number of nitrogen functional groups attached to an aromatic ring is 1. The number of amidine groups is 1. The fraction of sp³-hybridized carbons (Fsp3) is 0.0870. The molecular formula is C23H20N4O8S. The molecule has 0 aliphatic heterocycles. The third kappa shape index (κ3) is 6.01. The molecule has 5 N–H and O–H groups in total. The van der Waals surface area contributed by atoms with Crippen LogP contribution in [0.4, 0.5) is 5.69 Å². The third-order valence-corrected chi connectivity index (χ3v) is 5.20. The normalized spacial score (nSPS) is 10.8. The molecule has 1 heterocycles. The summed E-state index contributed by atoms with van der Waals surface area (Å²) < 4.78 is 31.9. The maximum atomic E-state index is 13.1. The number of aromatic nitrogens is 1. The van der Waals surface area contributed by atoms with Crippen LogP contribution in [0.1, 0.15) is 36.8 Å². The van der Waals surface area contributed by atoms with Gasteiger partial charge >= 0.3 is 22.1 Å². The summed E-state index contributed by atoms with van der Waals surface area (Å²) in [5.41, 5.74) is 5.49. The average Bonchev–Trinajstić information content (AvgIpc) is 2.82. The highest BCUT2D eigenvalue weighted by atomic mass is 32.2. The number of methoxy groups -OCH3 is 1. The second kappa shape index (κ2) is 10.2. The number of aromatic carboxylic acids is 1. The number of nitrogens with two attached hydrogens (primary N) is 1. The van der Waals surface area contributed by atoms with Crippen molar-refractivity contribution in [2.45, 2.75) is 0 Å². The van der Waals surface area contributed by atoms with Crippen molar-refractivity contribution in [2.75, 3.05) is 18.7 Å². The topological polar surface area (TPSA) is 199 Å². The molecule has 12 nitrogen and oxygen atoms in total. The van der Waals surface area contributed by atoms with Crippen molar-refractivity contribution in [1.29, 1.82) is 5.41 Å². The number of rotatable bonds is 8. The van der Waals surface area contributed by atoms with E-state index in [1.54, 1.807) is 0 Å². The Morgan fingerprint density at radius 2 is 1.61 bits per heavy atom. The quantitative estimate of drug-likeness (QED) is 0.197. The Bertz CT molecular complexity index is 1480. The van der Waals surface area contributed by atoms with Crippen molar-refractivity contribution in [3.05, 3.63) is 77.0 Å². The van der Waals surface area contributed by atoms with Crippen LogP contribution in [0.5, 0.6) is 5.88 Å². The molecule has 0 bridgehead atoms. The first kappa shape index (κ1) is 25.8. The minimum atomic E-state index is -4.12. The fourth-order valence-electron chi connectivity index (χ4n) is 3.14. The summed E-state index contributed by atoms with van der Waals surface area (Å²) in [6.45, 7) is 0. The van der Waals surface area contributed by atoms with Crippen LogP contribution >= 0.6 is 0 Å². The first-order chi connectivity index (χ1) is 16.9. The summed E-state index contributed by atoms with van der Waals surface area (Å²) in [6, 6.07) is 12.3. The Hall–Kier alpha value is -4.78. The first-order valence-corrected chi connectivity index (χ1v) is 11.8. The molecule has 186 valence electrons. The van der Waals surface area contributed by atoms with Gasteiger partial charge in [-0.05, 0) is 48.0 Å². The summed E-state index contributed by atoms with van der Waals surface area (Å²) in [7, 11) is -2.78. The summed E-state index contributed by atoms with van der Waals surface area (Å²) in [4.78, 5) is 41.4. The summed E-state index contributed by atoms with van der Waals surface area (Å²) in [5, 5.41) is 19.8. The number of carbonyl (C=O) groups excluding carboxylic acids is 2. The lowest BCUT2D eigenvalue weighted by Crippen LogP contribution is -2.17. The maximum Gasteiger partial charge on any atom is 0.353 e. The molecule has 1 aromatic heterocycles. The second-order valence-corrected chi connectivity index (χ2v) is 8.91. The molecule has 1 amide bonds. The lowest BCUT2D eigenvalue weighted by Gasteiger charge is -2.14. The number of carboxylic acid groups (broad SMARTS) is 1. The number of carbonyl (C=O) groups is 3. The Balaban J connectivity index is 2.06. The van der Waals surface area contributed by atoms with Gasteiger partial charge in [0.25, 0.3) is 5.91 Å². The van der Waals surface area contributed by atoms with Gasteiger partial charge in [0.05, 0.1) is 24.5 Å². The zero-order chi connectivity index (χ0) is 26.6. The number of ether oxygens (including phenoxy) is 1. The van der Waals surface area contributed by atoms with Crippen LogP contribution in [-0.4, -0.2) is 55.6 Å². The van der Waals surface area contributed by atoms with Crippen LogP contribution in [0, 0.1) is 5.41 Å². The molecule has 3 aromatic rings. The number of amides is 1. The number of anilines is 1. The highest BCUT2D eigenvalue weighted by Crippen LogP contribution is 2.30. The predicted molar refractivity (Wildman–Crippen MR) is 129 cm³/mol. The second-order valence-electron chi connectivity index (χ2n) is 7.34. The molecule has 2 aromatic carbocycles. The molecule has 36 heavy (non-hydrogen) atoms. The van der Waals surface area contributed by atoms with Gasteiger partial charge in [0.2, 0.25) is 5.88 Å². The number of nitrogens with one attached hydrogen (secondary N) is 2. The van der Waals surface area contributed by atoms with Crippen molar-refractivity contribution in [3.63, 3.8) is 0 Å². The highest BCUT2D eigenvalue weighted by Gasteiger charge is 2.23. The van der Waals surface area contributed by atoms with Crippen molar-refractivity contribution >= 4 is 39.5 Å². The van der Waals surface area contributed by atoms with Gasteiger partial charge in [0.15, 0.2) is 0 Å². The van der Waals surface area contributed by atoms with Crippen molar-refractivity contribution in [2.24, 2.45) is 5.73 Å². The van der Waals surface area contributed by atoms with Gasteiger partial charge in [0.1, 0.15) is 11.5 Å². The zero-order valence-electron chi connectivity index (χ0n) is 18.9. The molecule has 13 heteroatoms. The predicted octanol–water partition coefficient (Wildman–Crippen LogP) is 2.11. The molecule has 0 saturated heterocycles. The van der Waals surface area contributed by atoms with Gasteiger partial charge in [-0.2, -0.15) is 8.42 Å². The van der Waals surface area contributed by atoms with Gasteiger partial charge in [-0.25, -0.2) is 14.6 Å². The van der Waals surface area contributed by atoms with Gasteiger partial charge in [-0.3, -0.25) is 10.2 Å². The molecule has 0 saturated carbocycles. The maximum absolute atomic E-state index is 13.1. The van der Waals surface area contributed by atoms with Crippen molar-refractivity contribution in [1.82, 2.24) is 4.98 Å². The first-order valence-electron chi connectivity index (χ1n) is 10.0. The van der Waals surface area contributed by atoms with Crippen molar-refractivity contribution < 1.29 is 36.8 Å². The number of nitrogens with zero attached hydrogens (tertiary/aromatic N) is 1. The average molecular weight is 513 g/mol. The Morgan fingerprint density at radius 1 is 1.00 bits per heavy atom. The Kier molecular flexibility index (Phi) is 7.34. The van der Waals surface area contributed by atoms with E-state index >= 15 is 0 Å². The van der Waals surface area contributed by atoms with Crippen LogP contribution in [-0.2, 0) is 14.3 Å². The number of pyridine rings is 1. The molecule has 0 aliphatic carbocycles. The van der Waals surface area contributed by atoms with E-state index in [-0.39, 0.29) is 34.1 Å². The zero-order valence-corrected chi connectivity index (χ0v) is 19.8. The lowest BCUT2D eigenvalue weighted by molar-refractivity contribution is 0.0697. The molecule has 0 unspecified atom stereocenters. The highest BCUT2D eigenvalue weighted by molar-refractivity contribution is 7.86. The number of benzene rings is 2. The minimum Gasteiger partial charge on any atom is -0.481 e. The Morgan fingerprint density at radius 3 is 2.17 bits per heavy atom. The van der Waals surface area contributed by atoms with Crippen LogP contribution in [0.3, 0.4) is 0 Å². The molecular weight excluding hydrogens is 492 g/mol. The summed E-state index contributed by atoms with van der Waals surface area (Å²) >= 11 is 0. The van der Waals surface area contributed by atoms with Crippen molar-refractivity contribution in [3.8, 4) is 17.0 Å². The van der Waals surface area contributed by atoms with Crippen LogP contribution in [0.25, 0.3) is 11.1 Å². The van der Waals surface area contributed by atoms with E-state index in [9.17, 15) is 27.9 Å². The molecule has 0 fully saturated rings. The molecule has 3 rings (SSSR count). The number of hydrogen-bond donors (Lipinski definition) is 4. The van der Waals surface area contributed by atoms with E-state index in [1.165, 1.54) is 55.6 Å². The lowest BCUT2D eigenvalue weighted by atomic mass is 9.96. The van der Waals surface area contributed by atoms with Crippen LogP contribution in [0.15, 0.2) is 54.6 Å². The standard InChI is InChI=1S/C23H20N4O8S/c1-34-18-10-9-16(19(27-18)21(28)26-14-6-3-12(4-7-14)20(24)25)15-8-5-13(11-17(15)22(29)30)23(31)35-36(2,32)33/h3-11H,1-2H3,(H3,24,25)(H,26,28)(H,29,30). The van der Waals surface area contributed by atoms with Gasteiger partial charge in [0, 0.05) is 22.9 Å². The summed E-state index contributed by atoms with van der Waals surface area (Å²) in [5.74, 6) is -3.46. The van der Waals surface area contributed by atoms with E-state index in [1.807, 2.05) is 0 Å². The van der Waals surface area contributed by atoms with E-state index in [4.69, 9.17) is 15.9 Å². The van der Waals surface area contributed by atoms with E-state index in [0.29, 0.717) is 17.5 Å².